The van der Waals surface area contributed by atoms with Crippen molar-refractivity contribution in [1.82, 2.24) is 5.32 Å². The van der Waals surface area contributed by atoms with Crippen molar-refractivity contribution in [2.45, 2.75) is 31.1 Å². The Balaban J connectivity index is 1.67. The molecule has 138 valence electrons. The average Bonchev–Trinajstić information content (AvgIpc) is 2.67. The number of halogens is 1. The Hall–Kier alpha value is -2.59. The van der Waals surface area contributed by atoms with Crippen molar-refractivity contribution >= 4 is 23.3 Å². The number of hydrogen-bond donors (Lipinski definition) is 1. The summed E-state index contributed by atoms with van der Waals surface area (Å²) >= 11 is 5.99. The van der Waals surface area contributed by atoms with Crippen LogP contribution in [0.4, 0.5) is 0 Å². The third kappa shape index (κ3) is 3.50. The van der Waals surface area contributed by atoms with Crippen LogP contribution in [0.15, 0.2) is 59.8 Å². The normalized spacial score (nSPS) is 22.3. The summed E-state index contributed by atoms with van der Waals surface area (Å²) in [6, 6.07) is 15.2. The minimum Gasteiger partial charge on any atom is -0.497 e. The summed E-state index contributed by atoms with van der Waals surface area (Å²) < 4.78 is 5.21. The van der Waals surface area contributed by atoms with Gasteiger partial charge in [0.2, 0.25) is 5.91 Å². The van der Waals surface area contributed by atoms with Crippen LogP contribution in [0.5, 0.6) is 5.75 Å². The molecule has 0 fully saturated rings. The highest BCUT2D eigenvalue weighted by Gasteiger charge is 2.38. The van der Waals surface area contributed by atoms with E-state index in [1.54, 1.807) is 19.2 Å². The smallest absolute Gasteiger partial charge is 0.225 e. The Labute approximate surface area is 163 Å². The molecule has 1 heterocycles. The van der Waals surface area contributed by atoms with Gasteiger partial charge in [-0.2, -0.15) is 0 Å². The van der Waals surface area contributed by atoms with E-state index in [2.05, 4.69) is 5.32 Å². The van der Waals surface area contributed by atoms with E-state index in [4.69, 9.17) is 16.3 Å². The zero-order valence-electron chi connectivity index (χ0n) is 15.0. The van der Waals surface area contributed by atoms with Gasteiger partial charge in [-0.1, -0.05) is 35.9 Å². The molecule has 4 nitrogen and oxygen atoms in total. The third-order valence-corrected chi connectivity index (χ3v) is 5.65. The molecule has 2 atom stereocenters. The molecule has 2 aromatic carbocycles. The Morgan fingerprint density at radius 2 is 1.59 bits per heavy atom. The van der Waals surface area contributed by atoms with Gasteiger partial charge in [0, 0.05) is 35.1 Å². The van der Waals surface area contributed by atoms with Crippen LogP contribution in [0.25, 0.3) is 0 Å². The Morgan fingerprint density at radius 1 is 0.926 bits per heavy atom. The first-order valence-electron chi connectivity index (χ1n) is 9.00. The lowest BCUT2D eigenvalue weighted by atomic mass is 9.73. The summed E-state index contributed by atoms with van der Waals surface area (Å²) in [7, 11) is 1.63. The molecule has 5 heteroatoms. The molecule has 1 aliphatic heterocycles. The molecular formula is C22H20ClNO3. The van der Waals surface area contributed by atoms with Gasteiger partial charge in [-0.25, -0.2) is 0 Å². The predicted molar refractivity (Wildman–Crippen MR) is 104 cm³/mol. The van der Waals surface area contributed by atoms with Crippen LogP contribution < -0.4 is 10.1 Å². The SMILES string of the molecule is COc1ccc(C2CC(=O)C3=C(C2)NC(=O)CC3c2ccc(Cl)cc2)cc1. The number of allylic oxidation sites excluding steroid dienone is 2. The zero-order chi connectivity index (χ0) is 19.0. The Kier molecular flexibility index (Phi) is 4.75. The van der Waals surface area contributed by atoms with E-state index in [0.717, 1.165) is 28.1 Å². The van der Waals surface area contributed by atoms with Crippen molar-refractivity contribution in [2.24, 2.45) is 0 Å². The first kappa shape index (κ1) is 17.8. The molecule has 2 unspecified atom stereocenters. The van der Waals surface area contributed by atoms with Crippen molar-refractivity contribution in [2.75, 3.05) is 7.11 Å². The fourth-order valence-electron chi connectivity index (χ4n) is 4.05. The van der Waals surface area contributed by atoms with Gasteiger partial charge in [0.05, 0.1) is 7.11 Å². The predicted octanol–water partition coefficient (Wildman–Crippen LogP) is 4.35. The fourth-order valence-corrected chi connectivity index (χ4v) is 4.18. The second kappa shape index (κ2) is 7.20. The molecule has 27 heavy (non-hydrogen) atoms. The highest BCUT2D eigenvalue weighted by molar-refractivity contribution is 6.30. The number of amides is 1. The van der Waals surface area contributed by atoms with Crippen molar-refractivity contribution in [3.63, 3.8) is 0 Å². The maximum atomic E-state index is 13.0. The van der Waals surface area contributed by atoms with E-state index >= 15 is 0 Å². The molecule has 0 saturated heterocycles. The number of ether oxygens (including phenoxy) is 1. The highest BCUT2D eigenvalue weighted by Crippen LogP contribution is 2.42. The van der Waals surface area contributed by atoms with E-state index in [9.17, 15) is 9.59 Å². The van der Waals surface area contributed by atoms with Crippen LogP contribution in [0.3, 0.4) is 0 Å². The van der Waals surface area contributed by atoms with E-state index in [0.29, 0.717) is 24.3 Å². The number of ketones is 1. The molecule has 0 radical (unpaired) electrons. The number of nitrogens with one attached hydrogen (secondary N) is 1. The van der Waals surface area contributed by atoms with Crippen molar-refractivity contribution in [3.05, 3.63) is 76.0 Å². The number of rotatable bonds is 3. The summed E-state index contributed by atoms with van der Waals surface area (Å²) in [6.07, 6.45) is 1.40. The molecule has 1 N–H and O–H groups in total. The number of Topliss-reactive ketones (excluding diaryl/α,β-unsaturated/α-hetero) is 1. The summed E-state index contributed by atoms with van der Waals surface area (Å²) in [4.78, 5) is 25.3. The second-order valence-electron chi connectivity index (χ2n) is 7.05. The van der Waals surface area contributed by atoms with Crippen LogP contribution >= 0.6 is 11.6 Å². The molecule has 0 aromatic heterocycles. The molecule has 0 bridgehead atoms. The molecule has 2 aromatic rings. The largest absolute Gasteiger partial charge is 0.497 e. The molecular weight excluding hydrogens is 362 g/mol. The molecule has 0 saturated carbocycles. The van der Waals surface area contributed by atoms with Gasteiger partial charge < -0.3 is 10.1 Å². The zero-order valence-corrected chi connectivity index (χ0v) is 15.8. The van der Waals surface area contributed by atoms with E-state index in [-0.39, 0.29) is 23.5 Å². The van der Waals surface area contributed by atoms with Gasteiger partial charge in [-0.15, -0.1) is 0 Å². The van der Waals surface area contributed by atoms with Gasteiger partial charge >= 0.3 is 0 Å². The summed E-state index contributed by atoms with van der Waals surface area (Å²) in [6.45, 7) is 0. The van der Waals surface area contributed by atoms with E-state index < -0.39 is 0 Å². The highest BCUT2D eigenvalue weighted by atomic mass is 35.5. The minimum absolute atomic E-state index is 0.0446. The van der Waals surface area contributed by atoms with Crippen LogP contribution in [-0.2, 0) is 9.59 Å². The first-order valence-corrected chi connectivity index (χ1v) is 9.38. The summed E-state index contributed by atoms with van der Waals surface area (Å²) in [5, 5.41) is 3.59. The summed E-state index contributed by atoms with van der Waals surface area (Å²) in [5.74, 6) is 0.713. The lowest BCUT2D eigenvalue weighted by Crippen LogP contribution is -2.38. The average molecular weight is 382 g/mol. The van der Waals surface area contributed by atoms with Crippen LogP contribution in [0.1, 0.15) is 42.2 Å². The second-order valence-corrected chi connectivity index (χ2v) is 7.49. The molecule has 1 aliphatic carbocycles. The van der Waals surface area contributed by atoms with Gasteiger partial charge in [0.1, 0.15) is 5.75 Å². The van der Waals surface area contributed by atoms with Crippen molar-refractivity contribution < 1.29 is 14.3 Å². The molecule has 2 aliphatic rings. The van der Waals surface area contributed by atoms with Crippen LogP contribution in [0.2, 0.25) is 5.02 Å². The summed E-state index contributed by atoms with van der Waals surface area (Å²) in [5.41, 5.74) is 3.56. The number of carbonyl (C=O) groups excluding carboxylic acids is 2. The lowest BCUT2D eigenvalue weighted by molar-refractivity contribution is -0.122. The third-order valence-electron chi connectivity index (χ3n) is 5.40. The standard InChI is InChI=1S/C22H20ClNO3/c1-27-17-8-4-13(5-9-17)15-10-19-22(20(25)11-15)18(12-21(26)24-19)14-2-6-16(23)7-3-14/h2-9,15,18H,10-12H2,1H3,(H,24,26). The lowest BCUT2D eigenvalue weighted by Gasteiger charge is -2.34. The van der Waals surface area contributed by atoms with Gasteiger partial charge in [-0.3, -0.25) is 9.59 Å². The quantitative estimate of drug-likeness (QED) is 0.859. The van der Waals surface area contributed by atoms with Gasteiger partial charge in [0.25, 0.3) is 0 Å². The molecule has 0 spiro atoms. The number of benzene rings is 2. The molecule has 1 amide bonds. The van der Waals surface area contributed by atoms with Gasteiger partial charge in [-0.05, 0) is 47.7 Å². The monoisotopic (exact) mass is 381 g/mol. The maximum Gasteiger partial charge on any atom is 0.225 e. The first-order chi connectivity index (χ1) is 13.0. The van der Waals surface area contributed by atoms with E-state index in [1.807, 2.05) is 36.4 Å². The topological polar surface area (TPSA) is 55.4 Å². The van der Waals surface area contributed by atoms with Crippen LogP contribution in [0, 0.1) is 0 Å². The molecule has 4 rings (SSSR count). The number of carbonyl (C=O) groups is 2. The fraction of sp³-hybridized carbons (Fsp3) is 0.273. The Bertz CT molecular complexity index is 916. The van der Waals surface area contributed by atoms with Crippen LogP contribution in [-0.4, -0.2) is 18.8 Å². The maximum absolute atomic E-state index is 13.0. The van der Waals surface area contributed by atoms with Crippen molar-refractivity contribution in [1.29, 1.82) is 0 Å². The van der Waals surface area contributed by atoms with E-state index in [1.165, 1.54) is 0 Å². The minimum atomic E-state index is -0.199. The Morgan fingerprint density at radius 3 is 2.26 bits per heavy atom. The number of hydrogen-bond acceptors (Lipinski definition) is 3. The van der Waals surface area contributed by atoms with Gasteiger partial charge in [0.15, 0.2) is 5.78 Å². The number of methoxy groups -OCH3 is 1. The van der Waals surface area contributed by atoms with Crippen molar-refractivity contribution in [3.8, 4) is 5.75 Å².